The highest BCUT2D eigenvalue weighted by atomic mass is 32.1. The van der Waals surface area contributed by atoms with Crippen LogP contribution < -0.4 is 0 Å². The maximum absolute atomic E-state index is 4.23. The van der Waals surface area contributed by atoms with Crippen molar-refractivity contribution < 1.29 is 0 Å². The molecule has 4 rings (SSSR count). The van der Waals surface area contributed by atoms with Crippen LogP contribution in [0.1, 0.15) is 15.3 Å². The highest BCUT2D eigenvalue weighted by Crippen LogP contribution is 2.33. The molecule has 0 amide bonds. The third-order valence-corrected chi connectivity index (χ3v) is 5.93. The fourth-order valence-corrected chi connectivity index (χ4v) is 4.92. The van der Waals surface area contributed by atoms with E-state index in [1.54, 1.807) is 0 Å². The molecule has 4 heteroatoms. The molecule has 2 atom stereocenters. The zero-order chi connectivity index (χ0) is 14.9. The molecule has 2 saturated heterocycles. The maximum atomic E-state index is 4.23. The number of fused-ring (bicyclic) bond motifs is 1. The van der Waals surface area contributed by atoms with Crippen LogP contribution in [0.15, 0.2) is 36.7 Å². The Labute approximate surface area is 136 Å². The second kappa shape index (κ2) is 6.11. The van der Waals surface area contributed by atoms with E-state index in [0.29, 0.717) is 0 Å². The minimum absolute atomic E-state index is 0.859. The topological polar surface area (TPSA) is 19.4 Å². The predicted molar refractivity (Wildman–Crippen MR) is 90.8 cm³/mol. The summed E-state index contributed by atoms with van der Waals surface area (Å²) < 4.78 is 0. The number of nitrogens with zero attached hydrogens (tertiary/aromatic N) is 3. The minimum atomic E-state index is 0.859. The first-order valence-corrected chi connectivity index (χ1v) is 8.97. The van der Waals surface area contributed by atoms with Crippen molar-refractivity contribution in [3.05, 3.63) is 52.0 Å². The summed E-state index contributed by atoms with van der Waals surface area (Å²) in [6.07, 6.45) is 3.85. The summed E-state index contributed by atoms with van der Waals surface area (Å²) in [5.74, 6) is 1.72. The van der Waals surface area contributed by atoms with Crippen molar-refractivity contribution in [1.82, 2.24) is 14.8 Å². The number of rotatable bonds is 4. The Balaban J connectivity index is 1.31. The average molecular weight is 313 g/mol. The molecule has 0 radical (unpaired) electrons. The van der Waals surface area contributed by atoms with Crippen molar-refractivity contribution in [2.24, 2.45) is 11.8 Å². The number of likely N-dealkylation sites (tertiary alicyclic amines) is 2. The lowest BCUT2D eigenvalue weighted by molar-refractivity contribution is 0.247. The van der Waals surface area contributed by atoms with E-state index in [0.717, 1.165) is 24.9 Å². The molecule has 0 bridgehead atoms. The highest BCUT2D eigenvalue weighted by molar-refractivity contribution is 7.11. The van der Waals surface area contributed by atoms with Gasteiger partial charge >= 0.3 is 0 Å². The second-order valence-corrected chi connectivity index (χ2v) is 8.15. The van der Waals surface area contributed by atoms with E-state index in [-0.39, 0.29) is 0 Å². The fourth-order valence-electron chi connectivity index (χ4n) is 3.99. The number of aryl methyl sites for hydroxylation is 1. The number of thiophene rings is 1. The first kappa shape index (κ1) is 14.4. The smallest absolute Gasteiger partial charge is 0.0328 e. The van der Waals surface area contributed by atoms with Crippen LogP contribution in [0.2, 0.25) is 0 Å². The van der Waals surface area contributed by atoms with Crippen molar-refractivity contribution in [3.63, 3.8) is 0 Å². The van der Waals surface area contributed by atoms with Gasteiger partial charge in [-0.2, -0.15) is 0 Å². The van der Waals surface area contributed by atoms with E-state index in [4.69, 9.17) is 0 Å². The monoisotopic (exact) mass is 313 g/mol. The van der Waals surface area contributed by atoms with Crippen LogP contribution in [0.4, 0.5) is 0 Å². The van der Waals surface area contributed by atoms with E-state index in [9.17, 15) is 0 Å². The van der Waals surface area contributed by atoms with Gasteiger partial charge in [0.1, 0.15) is 0 Å². The molecule has 22 heavy (non-hydrogen) atoms. The van der Waals surface area contributed by atoms with Gasteiger partial charge in [-0.15, -0.1) is 11.3 Å². The van der Waals surface area contributed by atoms with Gasteiger partial charge in [-0.05, 0) is 42.5 Å². The van der Waals surface area contributed by atoms with Gasteiger partial charge < -0.3 is 0 Å². The first-order chi connectivity index (χ1) is 10.8. The summed E-state index contributed by atoms with van der Waals surface area (Å²) in [6, 6.07) is 8.76. The molecule has 2 fully saturated rings. The highest BCUT2D eigenvalue weighted by Gasteiger charge is 2.39. The van der Waals surface area contributed by atoms with Gasteiger partial charge in [0.15, 0.2) is 0 Å². The van der Waals surface area contributed by atoms with Gasteiger partial charge in [-0.25, -0.2) is 0 Å². The van der Waals surface area contributed by atoms with Crippen molar-refractivity contribution in [3.8, 4) is 0 Å². The number of pyridine rings is 1. The van der Waals surface area contributed by atoms with Crippen LogP contribution >= 0.6 is 11.3 Å². The molecule has 0 saturated carbocycles. The molecule has 2 aromatic rings. The Bertz CT molecular complexity index is 610. The number of hydrogen-bond donors (Lipinski definition) is 0. The van der Waals surface area contributed by atoms with E-state index in [2.05, 4.69) is 39.9 Å². The Morgan fingerprint density at radius 3 is 2.36 bits per heavy atom. The minimum Gasteiger partial charge on any atom is -0.298 e. The van der Waals surface area contributed by atoms with E-state index in [1.165, 1.54) is 41.5 Å². The predicted octanol–water partition coefficient (Wildman–Crippen LogP) is 3.02. The SMILES string of the molecule is Cc1ccc(CN2C[C@H]3CN(Cc4cccnc4)C[C@H]3C2)s1. The quantitative estimate of drug-likeness (QED) is 0.865. The van der Waals surface area contributed by atoms with E-state index < -0.39 is 0 Å². The van der Waals surface area contributed by atoms with Gasteiger partial charge in [0.05, 0.1) is 0 Å². The Hall–Kier alpha value is -1.23. The van der Waals surface area contributed by atoms with Crippen LogP contribution in [0.25, 0.3) is 0 Å². The second-order valence-electron chi connectivity index (χ2n) is 6.78. The molecule has 0 unspecified atom stereocenters. The third kappa shape index (κ3) is 3.09. The molecular weight excluding hydrogens is 290 g/mol. The van der Waals surface area contributed by atoms with Gasteiger partial charge in [-0.3, -0.25) is 14.8 Å². The van der Waals surface area contributed by atoms with Crippen LogP contribution in [-0.4, -0.2) is 41.0 Å². The molecule has 0 N–H and O–H groups in total. The maximum Gasteiger partial charge on any atom is 0.0328 e. The third-order valence-electron chi connectivity index (χ3n) is 4.94. The average Bonchev–Trinajstić information content (AvgIpc) is 3.16. The lowest BCUT2D eigenvalue weighted by Gasteiger charge is -2.20. The van der Waals surface area contributed by atoms with Gasteiger partial charge in [0, 0.05) is 61.4 Å². The normalized spacial score (nSPS) is 25.7. The van der Waals surface area contributed by atoms with Crippen LogP contribution in [0, 0.1) is 18.8 Å². The van der Waals surface area contributed by atoms with E-state index in [1.807, 2.05) is 29.8 Å². The number of aromatic nitrogens is 1. The first-order valence-electron chi connectivity index (χ1n) is 8.15. The molecule has 3 nitrogen and oxygen atoms in total. The molecule has 2 aromatic heterocycles. The van der Waals surface area contributed by atoms with Crippen molar-refractivity contribution in [2.75, 3.05) is 26.2 Å². The van der Waals surface area contributed by atoms with Crippen LogP contribution in [0.5, 0.6) is 0 Å². The van der Waals surface area contributed by atoms with Crippen LogP contribution in [-0.2, 0) is 13.1 Å². The summed E-state index contributed by atoms with van der Waals surface area (Å²) in [5, 5.41) is 0. The largest absolute Gasteiger partial charge is 0.298 e. The van der Waals surface area contributed by atoms with Crippen molar-refractivity contribution in [2.45, 2.75) is 20.0 Å². The summed E-state index contributed by atoms with van der Waals surface area (Å²) in [6.45, 7) is 9.44. The lowest BCUT2D eigenvalue weighted by atomic mass is 10.0. The fraction of sp³-hybridized carbons (Fsp3) is 0.500. The Morgan fingerprint density at radius 1 is 1.05 bits per heavy atom. The number of hydrogen-bond acceptors (Lipinski definition) is 4. The van der Waals surface area contributed by atoms with Gasteiger partial charge in [0.2, 0.25) is 0 Å². The summed E-state index contributed by atoms with van der Waals surface area (Å²) in [4.78, 5) is 12.4. The molecule has 0 aliphatic carbocycles. The van der Waals surface area contributed by atoms with Crippen LogP contribution in [0.3, 0.4) is 0 Å². The lowest BCUT2D eigenvalue weighted by Crippen LogP contribution is -2.28. The zero-order valence-corrected chi connectivity index (χ0v) is 13.9. The summed E-state index contributed by atoms with van der Waals surface area (Å²) >= 11 is 1.95. The zero-order valence-electron chi connectivity index (χ0n) is 13.1. The van der Waals surface area contributed by atoms with Crippen molar-refractivity contribution in [1.29, 1.82) is 0 Å². The molecular formula is C18H23N3S. The summed E-state index contributed by atoms with van der Waals surface area (Å²) in [5.41, 5.74) is 1.34. The molecule has 0 aromatic carbocycles. The van der Waals surface area contributed by atoms with Gasteiger partial charge in [0.25, 0.3) is 0 Å². The molecule has 2 aliphatic rings. The van der Waals surface area contributed by atoms with Gasteiger partial charge in [-0.1, -0.05) is 6.07 Å². The Kier molecular flexibility index (Phi) is 3.99. The van der Waals surface area contributed by atoms with E-state index >= 15 is 0 Å². The molecule has 116 valence electrons. The van der Waals surface area contributed by atoms with Crippen molar-refractivity contribution >= 4 is 11.3 Å². The Morgan fingerprint density at radius 2 is 1.77 bits per heavy atom. The molecule has 2 aliphatic heterocycles. The summed E-state index contributed by atoms with van der Waals surface area (Å²) in [7, 11) is 0. The standard InChI is InChI=1S/C18H23N3S/c1-14-4-5-18(22-14)13-21-11-16-9-20(10-17(16)12-21)8-15-3-2-6-19-7-15/h2-7,16-17H,8-13H2,1H3/t16-,17+. The molecule has 4 heterocycles. The molecule has 0 spiro atoms.